The molecule has 11 heteroatoms. The standard InChI is InChI=1S/C19H17Cl2F3N2O3S/c20-14-4-2-5-15(21)17(14)30(28,29)11-13-3-1-6-16(25-13)18(27)26-9-7-12(8-10-26)19(22,23)24/h1-6,12H,7-11H2. The molecule has 3 rings (SSSR count). The lowest BCUT2D eigenvalue weighted by Gasteiger charge is -2.32. The molecule has 0 aliphatic carbocycles. The van der Waals surface area contributed by atoms with Gasteiger partial charge in [0.15, 0.2) is 9.84 Å². The van der Waals surface area contributed by atoms with Gasteiger partial charge in [-0.3, -0.25) is 4.79 Å². The third kappa shape index (κ3) is 5.07. The van der Waals surface area contributed by atoms with Crippen LogP contribution in [0.5, 0.6) is 0 Å². The highest BCUT2D eigenvalue weighted by Gasteiger charge is 2.41. The van der Waals surface area contributed by atoms with E-state index >= 15 is 0 Å². The predicted octanol–water partition coefficient (Wildman–Crippen LogP) is 4.78. The van der Waals surface area contributed by atoms with Crippen molar-refractivity contribution in [2.45, 2.75) is 29.7 Å². The van der Waals surface area contributed by atoms with Crippen molar-refractivity contribution in [1.29, 1.82) is 0 Å². The van der Waals surface area contributed by atoms with Gasteiger partial charge in [0.1, 0.15) is 10.6 Å². The van der Waals surface area contributed by atoms with Crippen molar-refractivity contribution in [3.63, 3.8) is 0 Å². The number of alkyl halides is 3. The molecule has 1 aliphatic heterocycles. The zero-order chi connectivity index (χ0) is 22.1. The molecule has 2 heterocycles. The maximum absolute atomic E-state index is 12.8. The van der Waals surface area contributed by atoms with Crippen LogP contribution in [0.25, 0.3) is 0 Å². The molecule has 0 spiro atoms. The van der Waals surface area contributed by atoms with Gasteiger partial charge in [-0.2, -0.15) is 13.2 Å². The number of hydrogen-bond donors (Lipinski definition) is 0. The summed E-state index contributed by atoms with van der Waals surface area (Å²) in [5.74, 6) is -2.50. The fourth-order valence-corrected chi connectivity index (χ4v) is 5.82. The van der Waals surface area contributed by atoms with Crippen molar-refractivity contribution in [3.05, 3.63) is 57.8 Å². The molecule has 0 atom stereocenters. The molecule has 1 aromatic carbocycles. The summed E-state index contributed by atoms with van der Waals surface area (Å²) in [5, 5.41) is -0.0514. The maximum atomic E-state index is 12.8. The Labute approximate surface area is 181 Å². The predicted molar refractivity (Wildman–Crippen MR) is 106 cm³/mol. The number of likely N-dealkylation sites (tertiary alicyclic amines) is 1. The van der Waals surface area contributed by atoms with Gasteiger partial charge in [0.05, 0.1) is 27.4 Å². The first-order chi connectivity index (χ1) is 14.0. The SMILES string of the molecule is O=C(c1cccc(CS(=O)(=O)c2c(Cl)cccc2Cl)n1)N1CCC(C(F)(F)F)CC1. The number of carbonyl (C=O) groups excluding carboxylic acids is 1. The van der Waals surface area contributed by atoms with Crippen LogP contribution in [0.3, 0.4) is 0 Å². The monoisotopic (exact) mass is 480 g/mol. The highest BCUT2D eigenvalue weighted by molar-refractivity contribution is 7.90. The van der Waals surface area contributed by atoms with E-state index in [1.807, 2.05) is 0 Å². The van der Waals surface area contributed by atoms with Crippen molar-refractivity contribution in [1.82, 2.24) is 9.88 Å². The summed E-state index contributed by atoms with van der Waals surface area (Å²) in [6.45, 7) is -0.0785. The molecule has 162 valence electrons. The first-order valence-electron chi connectivity index (χ1n) is 8.98. The average Bonchev–Trinajstić information content (AvgIpc) is 2.66. The van der Waals surface area contributed by atoms with Crippen LogP contribution < -0.4 is 0 Å². The molecule has 0 unspecified atom stereocenters. The van der Waals surface area contributed by atoms with Crippen molar-refractivity contribution >= 4 is 38.9 Å². The number of hydrogen-bond acceptors (Lipinski definition) is 4. The van der Waals surface area contributed by atoms with Gasteiger partial charge in [-0.05, 0) is 37.1 Å². The largest absolute Gasteiger partial charge is 0.391 e. The molecule has 5 nitrogen and oxygen atoms in total. The quantitative estimate of drug-likeness (QED) is 0.631. The Kier molecular flexibility index (Phi) is 6.64. The summed E-state index contributed by atoms with van der Waals surface area (Å²) in [6, 6.07) is 8.63. The van der Waals surface area contributed by atoms with E-state index in [0.29, 0.717) is 0 Å². The molecule has 0 bridgehead atoms. The minimum Gasteiger partial charge on any atom is -0.337 e. The fourth-order valence-electron chi connectivity index (χ4n) is 3.30. The number of nitrogens with zero attached hydrogens (tertiary/aromatic N) is 2. The molecular formula is C19H17Cl2F3N2O3S. The number of rotatable bonds is 4. The molecule has 1 amide bonds. The van der Waals surface area contributed by atoms with Gasteiger partial charge in [0.25, 0.3) is 5.91 Å². The van der Waals surface area contributed by atoms with Gasteiger partial charge in [-0.1, -0.05) is 35.3 Å². The molecule has 1 aliphatic rings. The first kappa shape index (κ1) is 22.8. The van der Waals surface area contributed by atoms with Gasteiger partial charge in [-0.15, -0.1) is 0 Å². The minimum atomic E-state index is -4.28. The summed E-state index contributed by atoms with van der Waals surface area (Å²) in [4.78, 5) is 17.8. The number of aromatic nitrogens is 1. The van der Waals surface area contributed by atoms with E-state index in [2.05, 4.69) is 4.98 Å². The molecule has 0 saturated carbocycles. The molecular weight excluding hydrogens is 464 g/mol. The molecule has 1 saturated heterocycles. The van der Waals surface area contributed by atoms with Crippen molar-refractivity contribution in [2.75, 3.05) is 13.1 Å². The molecule has 1 aromatic heterocycles. The highest BCUT2D eigenvalue weighted by atomic mass is 35.5. The van der Waals surface area contributed by atoms with E-state index in [1.54, 1.807) is 0 Å². The lowest BCUT2D eigenvalue weighted by Crippen LogP contribution is -2.42. The number of amides is 1. The van der Waals surface area contributed by atoms with E-state index in [-0.39, 0.29) is 52.3 Å². The summed E-state index contributed by atoms with van der Waals surface area (Å²) in [6.07, 6.45) is -4.62. The third-order valence-corrected chi connectivity index (χ3v) is 7.43. The lowest BCUT2D eigenvalue weighted by atomic mass is 9.96. The van der Waals surface area contributed by atoms with Gasteiger partial charge < -0.3 is 4.90 Å². The van der Waals surface area contributed by atoms with E-state index < -0.39 is 33.6 Å². The normalized spacial score (nSPS) is 16.0. The van der Waals surface area contributed by atoms with E-state index in [1.165, 1.54) is 41.3 Å². The van der Waals surface area contributed by atoms with Crippen molar-refractivity contribution < 1.29 is 26.4 Å². The highest BCUT2D eigenvalue weighted by Crippen LogP contribution is 2.34. The Morgan fingerprint density at radius 2 is 1.63 bits per heavy atom. The summed E-state index contributed by atoms with van der Waals surface area (Å²) in [5.41, 5.74) is 0.0698. The van der Waals surface area contributed by atoms with Crippen LogP contribution >= 0.6 is 23.2 Å². The molecule has 0 radical (unpaired) electrons. The van der Waals surface area contributed by atoms with E-state index in [0.717, 1.165) is 0 Å². The summed E-state index contributed by atoms with van der Waals surface area (Å²) in [7, 11) is -3.94. The Morgan fingerprint density at radius 3 is 2.20 bits per heavy atom. The van der Waals surface area contributed by atoms with Crippen molar-refractivity contribution in [3.8, 4) is 0 Å². The van der Waals surface area contributed by atoms with Crippen LogP contribution in [0.1, 0.15) is 29.0 Å². The van der Waals surface area contributed by atoms with Crippen LogP contribution in [0, 0.1) is 5.92 Å². The van der Waals surface area contributed by atoms with E-state index in [4.69, 9.17) is 23.2 Å². The van der Waals surface area contributed by atoms with Crippen molar-refractivity contribution in [2.24, 2.45) is 5.92 Å². The smallest absolute Gasteiger partial charge is 0.337 e. The number of sulfone groups is 1. The second-order valence-corrected chi connectivity index (χ2v) is 9.67. The zero-order valence-electron chi connectivity index (χ0n) is 15.5. The first-order valence-corrected chi connectivity index (χ1v) is 11.4. The Morgan fingerprint density at radius 1 is 1.07 bits per heavy atom. The van der Waals surface area contributed by atoms with Crippen LogP contribution in [-0.2, 0) is 15.6 Å². The van der Waals surface area contributed by atoms with E-state index in [9.17, 15) is 26.4 Å². The molecule has 0 N–H and O–H groups in total. The van der Waals surface area contributed by atoms with Gasteiger partial charge >= 0.3 is 6.18 Å². The maximum Gasteiger partial charge on any atom is 0.391 e. The zero-order valence-corrected chi connectivity index (χ0v) is 17.8. The Balaban J connectivity index is 1.76. The molecule has 1 fully saturated rings. The van der Waals surface area contributed by atoms with Gasteiger partial charge in [0, 0.05) is 13.1 Å². The van der Waals surface area contributed by atoms with Crippen LogP contribution in [0.2, 0.25) is 10.0 Å². The Bertz CT molecular complexity index is 1030. The molecule has 30 heavy (non-hydrogen) atoms. The van der Waals surface area contributed by atoms with Crippen LogP contribution in [0.15, 0.2) is 41.3 Å². The second kappa shape index (κ2) is 8.72. The number of piperidine rings is 1. The average molecular weight is 481 g/mol. The number of halogens is 5. The summed E-state index contributed by atoms with van der Waals surface area (Å²) < 4.78 is 63.9. The number of carbonyl (C=O) groups is 1. The summed E-state index contributed by atoms with van der Waals surface area (Å²) >= 11 is 12.0. The van der Waals surface area contributed by atoms with Gasteiger partial charge in [-0.25, -0.2) is 13.4 Å². The third-order valence-electron chi connectivity index (χ3n) is 4.84. The Hall–Kier alpha value is -1.84. The lowest BCUT2D eigenvalue weighted by molar-refractivity contribution is -0.183. The molecule has 2 aromatic rings. The van der Waals surface area contributed by atoms with Crippen LogP contribution in [0.4, 0.5) is 13.2 Å². The second-order valence-electron chi connectivity index (χ2n) is 6.93. The number of pyridine rings is 1. The van der Waals surface area contributed by atoms with Gasteiger partial charge in [0.2, 0.25) is 0 Å². The minimum absolute atomic E-state index is 0.0257. The topological polar surface area (TPSA) is 67.3 Å². The van der Waals surface area contributed by atoms with Crippen LogP contribution in [-0.4, -0.2) is 43.5 Å². The number of benzene rings is 1. The fraction of sp³-hybridized carbons (Fsp3) is 0.368.